The summed E-state index contributed by atoms with van der Waals surface area (Å²) in [5.41, 5.74) is 0.878. The topological polar surface area (TPSA) is 90.1 Å². The summed E-state index contributed by atoms with van der Waals surface area (Å²) in [6.07, 6.45) is 1.47. The van der Waals surface area contributed by atoms with Gasteiger partial charge in [-0.3, -0.25) is 9.55 Å². The van der Waals surface area contributed by atoms with Gasteiger partial charge in [0.15, 0.2) is 0 Å². The van der Waals surface area contributed by atoms with Gasteiger partial charge < -0.3 is 9.05 Å². The molecule has 0 amide bonds. The summed E-state index contributed by atoms with van der Waals surface area (Å²) in [6, 6.07) is 3.14. The van der Waals surface area contributed by atoms with E-state index in [0.717, 1.165) is 0 Å². The molecule has 1 atom stereocenters. The molecule has 0 aliphatic carbocycles. The highest BCUT2D eigenvalue weighted by Crippen LogP contribution is 2.46. The molecule has 1 unspecified atom stereocenters. The molecule has 0 bridgehead atoms. The summed E-state index contributed by atoms with van der Waals surface area (Å²) in [5.74, 6) is -1.06. The maximum Gasteiger partial charge on any atom is 0.400 e. The van der Waals surface area contributed by atoms with Gasteiger partial charge in [-0.05, 0) is 44.5 Å². The van der Waals surface area contributed by atoms with Gasteiger partial charge in [0.25, 0.3) is 7.52 Å². The lowest BCUT2D eigenvalue weighted by molar-refractivity contribution is 0.0551. The lowest BCUT2D eigenvalue weighted by Gasteiger charge is -2.21. The Labute approximate surface area is 148 Å². The molecule has 2 aromatic heterocycles. The number of hydrogen-bond donors (Lipinski definition) is 1. The van der Waals surface area contributed by atoms with Crippen LogP contribution < -0.4 is 5.09 Å². The van der Waals surface area contributed by atoms with Crippen molar-refractivity contribution in [1.82, 2.24) is 20.2 Å². The zero-order valence-corrected chi connectivity index (χ0v) is 15.5. The molecule has 0 saturated carbocycles. The molecule has 0 aliphatic rings. The van der Waals surface area contributed by atoms with Crippen LogP contribution in [0.4, 0.5) is 8.78 Å². The highest BCUT2D eigenvalue weighted by molar-refractivity contribution is 7.56. The van der Waals surface area contributed by atoms with E-state index in [-0.39, 0.29) is 18.0 Å². The molecule has 138 valence electrons. The van der Waals surface area contributed by atoms with Crippen LogP contribution >= 0.6 is 19.1 Å². The van der Waals surface area contributed by atoms with E-state index in [0.29, 0.717) is 17.9 Å². The van der Waals surface area contributed by atoms with Gasteiger partial charge in [0, 0.05) is 17.8 Å². The van der Waals surface area contributed by atoms with E-state index >= 15 is 0 Å². The van der Waals surface area contributed by atoms with Gasteiger partial charge in [0.05, 0.1) is 18.5 Å². The van der Waals surface area contributed by atoms with Gasteiger partial charge in [-0.25, -0.2) is 5.09 Å². The first-order chi connectivity index (χ1) is 11.6. The normalized spacial score (nSPS) is 14.7. The number of alkyl halides is 3. The van der Waals surface area contributed by atoms with Crippen molar-refractivity contribution < 1.29 is 22.4 Å². The van der Waals surface area contributed by atoms with Crippen LogP contribution in [-0.2, 0) is 20.6 Å². The third-order valence-corrected chi connectivity index (χ3v) is 5.40. The minimum atomic E-state index is -3.73. The molecule has 2 aromatic rings. The van der Waals surface area contributed by atoms with Crippen molar-refractivity contribution in [2.45, 2.75) is 38.4 Å². The molecule has 0 spiro atoms. The molecule has 0 fully saturated rings. The predicted octanol–water partition coefficient (Wildman–Crippen LogP) is 4.15. The first kappa shape index (κ1) is 19.9. The third kappa shape index (κ3) is 5.54. The highest BCUT2D eigenvalue weighted by Gasteiger charge is 2.35. The molecule has 1 N–H and O–H groups in total. The standard InChI is InChI=1S/C14H18ClF2N4O3P/c1-4-23-25(22,21-9(2)3)8-11-6-5-10(7-18-11)12-19-13(24-20-12)14(15,16)17/h5-7,9H,4,8H2,1-3H3,(H,21,22). The number of nitrogens with one attached hydrogen (secondary N) is 1. The number of pyridine rings is 1. The fraction of sp³-hybridized carbons (Fsp3) is 0.500. The van der Waals surface area contributed by atoms with Gasteiger partial charge in [-0.2, -0.15) is 13.8 Å². The summed E-state index contributed by atoms with van der Waals surface area (Å²) in [6.45, 7) is 5.78. The summed E-state index contributed by atoms with van der Waals surface area (Å²) < 4.78 is 48.4. The maximum absolute atomic E-state index is 12.9. The molecule has 11 heteroatoms. The van der Waals surface area contributed by atoms with Crippen LogP contribution in [0.15, 0.2) is 22.9 Å². The van der Waals surface area contributed by atoms with Crippen LogP contribution in [-0.4, -0.2) is 27.8 Å². The SMILES string of the molecule is CCOP(=O)(Cc1ccc(-c2noc(C(F)(F)Cl)n2)cn1)NC(C)C. The largest absolute Gasteiger partial charge is 0.400 e. The third-order valence-electron chi connectivity index (χ3n) is 2.91. The van der Waals surface area contributed by atoms with E-state index in [1.165, 1.54) is 6.20 Å². The Kier molecular flexibility index (Phi) is 6.26. The van der Waals surface area contributed by atoms with E-state index in [9.17, 15) is 13.3 Å². The van der Waals surface area contributed by atoms with Gasteiger partial charge in [-0.1, -0.05) is 5.16 Å². The lowest BCUT2D eigenvalue weighted by atomic mass is 10.2. The second-order valence-electron chi connectivity index (χ2n) is 5.49. The molecule has 25 heavy (non-hydrogen) atoms. The molecular formula is C14H18ClF2N4O3P. The Balaban J connectivity index is 2.16. The van der Waals surface area contributed by atoms with Gasteiger partial charge in [0.2, 0.25) is 5.82 Å². The van der Waals surface area contributed by atoms with Crippen LogP contribution in [0.1, 0.15) is 32.4 Å². The highest BCUT2D eigenvalue weighted by atomic mass is 35.5. The minimum absolute atomic E-state index is 0.0216. The van der Waals surface area contributed by atoms with Crippen LogP contribution in [0.3, 0.4) is 0 Å². The van der Waals surface area contributed by atoms with Crippen LogP contribution in [0.2, 0.25) is 0 Å². The van der Waals surface area contributed by atoms with Crippen LogP contribution in [0, 0.1) is 0 Å². The lowest BCUT2D eigenvalue weighted by Crippen LogP contribution is -2.22. The first-order valence-electron chi connectivity index (χ1n) is 7.50. The summed E-state index contributed by atoms with van der Waals surface area (Å²) in [5, 5.41) is 2.64. The Morgan fingerprint density at radius 2 is 2.16 bits per heavy atom. The van der Waals surface area contributed by atoms with Crippen molar-refractivity contribution in [3.05, 3.63) is 29.9 Å². The zero-order chi connectivity index (χ0) is 18.7. The molecule has 7 nitrogen and oxygen atoms in total. The second kappa shape index (κ2) is 7.86. The Bertz CT molecular complexity index is 749. The number of halogens is 3. The van der Waals surface area contributed by atoms with E-state index < -0.39 is 18.8 Å². The summed E-state index contributed by atoms with van der Waals surface area (Å²) in [7, 11) is -3.08. The van der Waals surface area contributed by atoms with Gasteiger partial charge in [0.1, 0.15) is 0 Å². The Hall–Kier alpha value is -1.41. The Morgan fingerprint density at radius 3 is 2.64 bits per heavy atom. The van der Waals surface area contributed by atoms with E-state index in [2.05, 4.69) is 24.7 Å². The zero-order valence-electron chi connectivity index (χ0n) is 13.9. The molecule has 0 aromatic carbocycles. The van der Waals surface area contributed by atoms with Crippen molar-refractivity contribution in [3.63, 3.8) is 0 Å². The van der Waals surface area contributed by atoms with E-state index in [1.807, 2.05) is 13.8 Å². The molecule has 0 aliphatic heterocycles. The molecule has 0 saturated heterocycles. The molecule has 0 radical (unpaired) electrons. The Morgan fingerprint density at radius 1 is 1.44 bits per heavy atom. The molecular weight excluding hydrogens is 377 g/mol. The molecule has 2 rings (SSSR count). The summed E-state index contributed by atoms with van der Waals surface area (Å²) in [4.78, 5) is 7.70. The van der Waals surface area contributed by atoms with Crippen LogP contribution in [0.25, 0.3) is 11.4 Å². The average Bonchev–Trinajstić information content (AvgIpc) is 2.97. The summed E-state index contributed by atoms with van der Waals surface area (Å²) >= 11 is 4.83. The maximum atomic E-state index is 12.9. The van der Waals surface area contributed by atoms with E-state index in [4.69, 9.17) is 16.1 Å². The number of rotatable bonds is 8. The van der Waals surface area contributed by atoms with Crippen molar-refractivity contribution >= 4 is 19.1 Å². The minimum Gasteiger partial charge on any atom is -0.331 e. The first-order valence-corrected chi connectivity index (χ1v) is 9.69. The number of hydrogen-bond acceptors (Lipinski definition) is 6. The quantitative estimate of drug-likeness (QED) is 0.531. The average molecular weight is 395 g/mol. The fourth-order valence-electron chi connectivity index (χ4n) is 2.05. The molecule has 2 heterocycles. The predicted molar refractivity (Wildman–Crippen MR) is 88.5 cm³/mol. The van der Waals surface area contributed by atoms with Crippen molar-refractivity contribution in [3.8, 4) is 11.4 Å². The smallest absolute Gasteiger partial charge is 0.331 e. The van der Waals surface area contributed by atoms with E-state index in [1.54, 1.807) is 19.1 Å². The van der Waals surface area contributed by atoms with Crippen molar-refractivity contribution in [1.29, 1.82) is 0 Å². The monoisotopic (exact) mass is 394 g/mol. The van der Waals surface area contributed by atoms with Crippen molar-refractivity contribution in [2.75, 3.05) is 6.61 Å². The number of aromatic nitrogens is 3. The second-order valence-corrected chi connectivity index (χ2v) is 8.15. The van der Waals surface area contributed by atoms with Gasteiger partial charge >= 0.3 is 11.3 Å². The van der Waals surface area contributed by atoms with Gasteiger partial charge in [-0.15, -0.1) is 0 Å². The fourth-order valence-corrected chi connectivity index (χ4v) is 4.20. The van der Waals surface area contributed by atoms with Crippen LogP contribution in [0.5, 0.6) is 0 Å². The van der Waals surface area contributed by atoms with Crippen molar-refractivity contribution in [2.24, 2.45) is 0 Å². The number of nitrogens with zero attached hydrogens (tertiary/aromatic N) is 3.